The highest BCUT2D eigenvalue weighted by Gasteiger charge is 2.41. The molecule has 9 heteroatoms. The third-order valence-corrected chi connectivity index (χ3v) is 7.02. The lowest BCUT2D eigenvalue weighted by molar-refractivity contribution is 0.00446. The number of hydrogen-bond donors (Lipinski definition) is 5. The molecule has 0 spiro atoms. The first-order valence-electron chi connectivity index (χ1n) is 11.4. The number of fused-ring (bicyclic) bond motifs is 1. The zero-order chi connectivity index (χ0) is 23.8. The van der Waals surface area contributed by atoms with Gasteiger partial charge < -0.3 is 26.0 Å². The predicted molar refractivity (Wildman–Crippen MR) is 133 cm³/mol. The summed E-state index contributed by atoms with van der Waals surface area (Å²) in [7, 11) is 0. The molecular weight excluding hydrogens is 438 g/mol. The van der Waals surface area contributed by atoms with Gasteiger partial charge in [-0.2, -0.15) is 4.98 Å². The Morgan fingerprint density at radius 2 is 1.85 bits per heavy atom. The Bertz CT molecular complexity index is 1080. The molecule has 0 amide bonds. The normalized spacial score (nSPS) is 23.2. The first-order valence-corrected chi connectivity index (χ1v) is 12.3. The van der Waals surface area contributed by atoms with E-state index in [0.717, 1.165) is 26.5 Å². The molecule has 4 rings (SSSR count). The molecule has 1 saturated carbocycles. The minimum Gasteiger partial charge on any atom is -0.396 e. The predicted octanol–water partition coefficient (Wildman–Crippen LogP) is 3.29. The Morgan fingerprint density at radius 3 is 2.48 bits per heavy atom. The highest BCUT2D eigenvalue weighted by molar-refractivity contribution is 7.21. The molecule has 4 atom stereocenters. The van der Waals surface area contributed by atoms with Crippen molar-refractivity contribution in [3.8, 4) is 10.6 Å². The molecule has 1 aliphatic carbocycles. The Kier molecular flexibility index (Phi) is 6.86. The fraction of sp³-hybridized carbons (Fsp3) is 0.542. The number of para-hydroxylation sites is 1. The summed E-state index contributed by atoms with van der Waals surface area (Å²) in [4.78, 5) is 14.4. The molecule has 0 aliphatic heterocycles. The molecule has 0 bridgehead atoms. The van der Waals surface area contributed by atoms with Gasteiger partial charge in [0.15, 0.2) is 0 Å². The fourth-order valence-corrected chi connectivity index (χ4v) is 5.15. The molecule has 3 aromatic rings. The SMILES string of the molecule is CCc1nc(NCC(C)(C)C)nc(NC2CC(CO)C(O)C2O)c1-c1nc2ccccc2s1. The number of aliphatic hydroxyl groups excluding tert-OH is 3. The number of rotatable bonds is 7. The summed E-state index contributed by atoms with van der Waals surface area (Å²) in [5.41, 5.74) is 2.63. The van der Waals surface area contributed by atoms with Gasteiger partial charge in [-0.15, -0.1) is 11.3 Å². The van der Waals surface area contributed by atoms with Crippen LogP contribution in [-0.4, -0.2) is 61.7 Å². The number of thiazole rings is 1. The van der Waals surface area contributed by atoms with Crippen LogP contribution in [0.2, 0.25) is 0 Å². The van der Waals surface area contributed by atoms with Gasteiger partial charge in [0.25, 0.3) is 0 Å². The zero-order valence-corrected chi connectivity index (χ0v) is 20.4. The largest absolute Gasteiger partial charge is 0.396 e. The van der Waals surface area contributed by atoms with Gasteiger partial charge in [0.05, 0.1) is 33.6 Å². The van der Waals surface area contributed by atoms with E-state index in [-0.39, 0.29) is 17.9 Å². The molecule has 1 fully saturated rings. The minimum absolute atomic E-state index is 0.0507. The maximum Gasteiger partial charge on any atom is 0.224 e. The maximum atomic E-state index is 10.6. The highest BCUT2D eigenvalue weighted by atomic mass is 32.1. The third-order valence-electron chi connectivity index (χ3n) is 5.96. The Morgan fingerprint density at radius 1 is 1.09 bits per heavy atom. The van der Waals surface area contributed by atoms with Gasteiger partial charge in [0.1, 0.15) is 16.9 Å². The van der Waals surface area contributed by atoms with Gasteiger partial charge in [-0.05, 0) is 30.4 Å². The number of hydrogen-bond acceptors (Lipinski definition) is 9. The molecule has 0 radical (unpaired) electrons. The number of aliphatic hydroxyl groups is 3. The van der Waals surface area contributed by atoms with E-state index in [0.29, 0.717) is 31.2 Å². The van der Waals surface area contributed by atoms with E-state index in [1.54, 1.807) is 11.3 Å². The molecule has 2 heterocycles. The van der Waals surface area contributed by atoms with E-state index < -0.39 is 18.2 Å². The number of aromatic nitrogens is 3. The second-order valence-corrected chi connectivity index (χ2v) is 10.9. The van der Waals surface area contributed by atoms with E-state index in [9.17, 15) is 15.3 Å². The molecule has 5 N–H and O–H groups in total. The summed E-state index contributed by atoms with van der Waals surface area (Å²) >= 11 is 1.58. The van der Waals surface area contributed by atoms with Gasteiger partial charge in [-0.3, -0.25) is 0 Å². The van der Waals surface area contributed by atoms with Crippen molar-refractivity contribution in [3.63, 3.8) is 0 Å². The van der Waals surface area contributed by atoms with Crippen LogP contribution in [0.4, 0.5) is 11.8 Å². The number of nitrogens with one attached hydrogen (secondary N) is 2. The van der Waals surface area contributed by atoms with Crippen molar-refractivity contribution in [2.24, 2.45) is 11.3 Å². The van der Waals surface area contributed by atoms with Crippen molar-refractivity contribution in [1.82, 2.24) is 15.0 Å². The van der Waals surface area contributed by atoms with Crippen molar-refractivity contribution < 1.29 is 15.3 Å². The average Bonchev–Trinajstić information content (AvgIpc) is 3.33. The third kappa shape index (κ3) is 5.11. The highest BCUT2D eigenvalue weighted by Crippen LogP contribution is 2.38. The summed E-state index contributed by atoms with van der Waals surface area (Å²) in [5.74, 6) is 0.711. The standard InChI is InChI=1S/C24H33N5O3S/c1-5-14-18(22-27-15-8-6-7-9-17(15)33-22)21(29-23(28-14)25-12-24(2,3)4)26-16-10-13(11-30)19(31)20(16)32/h6-9,13,16,19-20,30-32H,5,10-12H2,1-4H3,(H2,25,26,28,29). The second kappa shape index (κ2) is 9.50. The Labute approximate surface area is 198 Å². The first kappa shape index (κ1) is 23.8. The van der Waals surface area contributed by atoms with Crippen LogP contribution in [0.15, 0.2) is 24.3 Å². The zero-order valence-electron chi connectivity index (χ0n) is 19.5. The lowest BCUT2D eigenvalue weighted by atomic mass is 9.97. The first-order chi connectivity index (χ1) is 15.7. The van der Waals surface area contributed by atoms with Crippen LogP contribution in [0.5, 0.6) is 0 Å². The Balaban J connectivity index is 1.78. The molecule has 1 aromatic carbocycles. The van der Waals surface area contributed by atoms with Gasteiger partial charge in [-0.25, -0.2) is 9.97 Å². The van der Waals surface area contributed by atoms with E-state index in [1.165, 1.54) is 0 Å². The molecule has 2 aromatic heterocycles. The fourth-order valence-electron chi connectivity index (χ4n) is 4.12. The molecule has 178 valence electrons. The summed E-state index contributed by atoms with van der Waals surface area (Å²) in [6, 6.07) is 7.54. The average molecular weight is 472 g/mol. The number of anilines is 2. The topological polar surface area (TPSA) is 123 Å². The van der Waals surface area contributed by atoms with Crippen LogP contribution in [0.25, 0.3) is 20.8 Å². The van der Waals surface area contributed by atoms with Crippen LogP contribution in [-0.2, 0) is 6.42 Å². The Hall–Kier alpha value is -2.33. The quantitative estimate of drug-likeness (QED) is 0.356. The summed E-state index contributed by atoms with van der Waals surface area (Å²) in [6.07, 6.45) is -0.864. The summed E-state index contributed by atoms with van der Waals surface area (Å²) in [6.45, 7) is 8.99. The van der Waals surface area contributed by atoms with Gasteiger partial charge in [0, 0.05) is 19.1 Å². The lowest BCUT2D eigenvalue weighted by Gasteiger charge is -2.23. The van der Waals surface area contributed by atoms with Crippen LogP contribution in [0.1, 0.15) is 39.8 Å². The molecule has 8 nitrogen and oxygen atoms in total. The van der Waals surface area contributed by atoms with Gasteiger partial charge in [0.2, 0.25) is 5.95 Å². The molecule has 33 heavy (non-hydrogen) atoms. The molecular formula is C24H33N5O3S. The van der Waals surface area contributed by atoms with E-state index >= 15 is 0 Å². The van der Waals surface area contributed by atoms with Gasteiger partial charge in [-0.1, -0.05) is 39.8 Å². The second-order valence-electron chi connectivity index (χ2n) is 9.88. The van der Waals surface area contributed by atoms with Crippen LogP contribution < -0.4 is 10.6 Å². The number of benzene rings is 1. The maximum absolute atomic E-state index is 10.6. The smallest absolute Gasteiger partial charge is 0.224 e. The molecule has 4 unspecified atom stereocenters. The summed E-state index contributed by atoms with van der Waals surface area (Å²) in [5, 5.41) is 38.0. The van der Waals surface area contributed by atoms with Crippen molar-refractivity contribution in [2.45, 2.75) is 58.8 Å². The van der Waals surface area contributed by atoms with Crippen LogP contribution in [0, 0.1) is 11.3 Å². The monoisotopic (exact) mass is 471 g/mol. The van der Waals surface area contributed by atoms with Crippen LogP contribution in [0.3, 0.4) is 0 Å². The van der Waals surface area contributed by atoms with Crippen molar-refractivity contribution in [1.29, 1.82) is 0 Å². The lowest BCUT2D eigenvalue weighted by Crippen LogP contribution is -2.36. The van der Waals surface area contributed by atoms with Crippen molar-refractivity contribution >= 4 is 33.3 Å². The van der Waals surface area contributed by atoms with Crippen molar-refractivity contribution in [3.05, 3.63) is 30.0 Å². The summed E-state index contributed by atoms with van der Waals surface area (Å²) < 4.78 is 1.08. The van der Waals surface area contributed by atoms with Gasteiger partial charge >= 0.3 is 0 Å². The molecule has 0 saturated heterocycles. The van der Waals surface area contributed by atoms with E-state index in [1.807, 2.05) is 31.2 Å². The number of nitrogens with zero attached hydrogens (tertiary/aromatic N) is 3. The van der Waals surface area contributed by atoms with Crippen LogP contribution >= 0.6 is 11.3 Å². The van der Waals surface area contributed by atoms with Crippen molar-refractivity contribution in [2.75, 3.05) is 23.8 Å². The van der Waals surface area contributed by atoms with E-state index in [2.05, 4.69) is 31.4 Å². The minimum atomic E-state index is -1.00. The van der Waals surface area contributed by atoms with E-state index in [4.69, 9.17) is 15.0 Å². The molecule has 1 aliphatic rings. The number of aryl methyl sites for hydroxylation is 1.